The van der Waals surface area contributed by atoms with Crippen LogP contribution in [-0.4, -0.2) is 137 Å². The molecule has 0 spiro atoms. The number of allylic oxidation sites excluding steroid dienone is 1. The first-order valence-corrected chi connectivity index (χ1v) is 47.1. The van der Waals surface area contributed by atoms with Crippen LogP contribution in [-0.2, 0) is 76.4 Å². The van der Waals surface area contributed by atoms with Crippen molar-refractivity contribution in [1.29, 1.82) is 0 Å². The zero-order chi connectivity index (χ0) is 69.7. The van der Waals surface area contributed by atoms with Crippen LogP contribution in [0, 0.1) is 0 Å². The van der Waals surface area contributed by atoms with Crippen LogP contribution in [0.3, 0.4) is 0 Å². The van der Waals surface area contributed by atoms with Crippen LogP contribution in [0.1, 0.15) is 162 Å². The third-order valence-electron chi connectivity index (χ3n) is 21.3. The molecule has 4 heterocycles. The Morgan fingerprint density at radius 3 is 1.73 bits per heavy atom. The SMILES string of the molecule is C=C[C@@]1(C)O[C@@](C)(CCO[Si](c2ccccc2)(c2ccccc2)C(C)(C)C)[C@H](OCc2ccc(OC)cc2)C[C@@H]1OC(C[C@@H]1O[C@@H]2C[C@@H]3O[C@](C)(CCOCc4ccccc4)[C@@H](OCc4ccccc4)C[C@H]3O[C@H]2C[C@H]1O/C=C\[CH2][Sn]([CH2]CCC)([CH2]CCC)[CH2]CCC)OC(=O)CCl. The van der Waals surface area contributed by atoms with E-state index in [2.05, 4.69) is 153 Å². The maximum atomic E-state index is 13.8. The summed E-state index contributed by atoms with van der Waals surface area (Å²) in [4.78, 5) is 13.8. The summed E-state index contributed by atoms with van der Waals surface area (Å²) in [6.45, 7) is 26.6. The topological polar surface area (TPSA) is 128 Å². The van der Waals surface area contributed by atoms with Crippen molar-refractivity contribution in [3.63, 3.8) is 0 Å². The molecule has 0 amide bonds. The van der Waals surface area contributed by atoms with Crippen molar-refractivity contribution >= 4 is 54.6 Å². The zero-order valence-electron chi connectivity index (χ0n) is 60.5. The number of hydrogen-bond donors (Lipinski definition) is 0. The van der Waals surface area contributed by atoms with Crippen molar-refractivity contribution in [3.8, 4) is 5.75 Å². The van der Waals surface area contributed by atoms with Crippen molar-refractivity contribution in [3.05, 3.63) is 187 Å². The summed E-state index contributed by atoms with van der Waals surface area (Å²) in [5.41, 5.74) is 0.435. The molecule has 5 aromatic carbocycles. The fraction of sp³-hybridized carbons (Fsp3) is 0.573. The summed E-state index contributed by atoms with van der Waals surface area (Å²) in [7, 11) is -1.29. The molecule has 4 fully saturated rings. The molecule has 0 aliphatic carbocycles. The number of carbonyl (C=O) groups excluding carboxylic acids is 1. The summed E-state index contributed by atoms with van der Waals surface area (Å²) in [5, 5.41) is 2.14. The van der Waals surface area contributed by atoms with Gasteiger partial charge in [0.2, 0.25) is 0 Å². The van der Waals surface area contributed by atoms with Gasteiger partial charge in [-0.3, -0.25) is 0 Å². The van der Waals surface area contributed by atoms with E-state index in [1.54, 1.807) is 7.11 Å². The van der Waals surface area contributed by atoms with Crippen molar-refractivity contribution in [2.45, 2.75) is 266 Å². The minimum atomic E-state index is -2.95. The average Bonchev–Trinajstić information content (AvgIpc) is 0.755. The normalized spacial score (nSPS) is 27.0. The van der Waals surface area contributed by atoms with Gasteiger partial charge in [-0.25, -0.2) is 0 Å². The second kappa shape index (κ2) is 37.2. The predicted octanol–water partition coefficient (Wildman–Crippen LogP) is 17.4. The minimum absolute atomic E-state index is 0.128. The molecule has 0 N–H and O–H groups in total. The molecule has 13 atom stereocenters. The number of unbranched alkanes of at least 4 members (excludes halogenated alkanes) is 3. The zero-order valence-corrected chi connectivity index (χ0v) is 65.1. The monoisotopic (exact) mass is 1490 g/mol. The molecule has 0 saturated carbocycles. The number of alkyl halides is 1. The summed E-state index contributed by atoms with van der Waals surface area (Å²) in [6, 6.07) is 49.9. The van der Waals surface area contributed by atoms with E-state index in [-0.39, 0.29) is 54.5 Å². The van der Waals surface area contributed by atoms with E-state index in [0.717, 1.165) is 26.9 Å². The molecule has 98 heavy (non-hydrogen) atoms. The fourth-order valence-electron chi connectivity index (χ4n) is 15.5. The summed E-state index contributed by atoms with van der Waals surface area (Å²) < 4.78 is 88.8. The molecule has 0 aromatic heterocycles. The molecule has 9 rings (SSSR count). The Morgan fingerprint density at radius 1 is 0.653 bits per heavy atom. The first-order chi connectivity index (χ1) is 47.3. The van der Waals surface area contributed by atoms with E-state index < -0.39 is 80.2 Å². The number of carbonyl (C=O) groups is 1. The number of methoxy groups -OCH3 is 1. The molecule has 13 nitrogen and oxygen atoms in total. The third kappa shape index (κ3) is 20.5. The number of fused-ring (bicyclic) bond motifs is 2. The van der Waals surface area contributed by atoms with Gasteiger partial charge < -0.3 is 18.6 Å². The van der Waals surface area contributed by atoms with Gasteiger partial charge in [-0.05, 0) is 58.1 Å². The van der Waals surface area contributed by atoms with Gasteiger partial charge in [0.25, 0.3) is 8.32 Å². The first-order valence-electron chi connectivity index (χ1n) is 36.6. The Bertz CT molecular complexity index is 3120. The molecular weight excluding hydrogens is 1380 g/mol. The predicted molar refractivity (Wildman–Crippen MR) is 396 cm³/mol. The Hall–Kier alpha value is -4.40. The van der Waals surface area contributed by atoms with Crippen molar-refractivity contribution in [2.75, 3.05) is 26.2 Å². The van der Waals surface area contributed by atoms with E-state index in [1.165, 1.54) is 62.2 Å². The van der Waals surface area contributed by atoms with Gasteiger partial charge in [0.1, 0.15) is 5.75 Å². The van der Waals surface area contributed by atoms with E-state index in [1.807, 2.05) is 79.9 Å². The Balaban J connectivity index is 1.00. The molecule has 4 aliphatic heterocycles. The van der Waals surface area contributed by atoms with E-state index in [9.17, 15) is 4.79 Å². The van der Waals surface area contributed by atoms with Crippen molar-refractivity contribution in [1.82, 2.24) is 0 Å². The van der Waals surface area contributed by atoms with Gasteiger partial charge in [-0.15, -0.1) is 6.58 Å². The Kier molecular flexibility index (Phi) is 29.5. The number of ether oxygens (including phenoxy) is 11. The van der Waals surface area contributed by atoms with E-state index in [4.69, 9.17) is 68.1 Å². The van der Waals surface area contributed by atoms with Crippen molar-refractivity contribution < 1.29 is 61.3 Å². The van der Waals surface area contributed by atoms with E-state index >= 15 is 0 Å². The molecule has 4 aliphatic rings. The molecule has 5 aromatic rings. The number of rotatable bonds is 38. The van der Waals surface area contributed by atoms with Crippen LogP contribution in [0.15, 0.2) is 171 Å². The fourth-order valence-corrected chi connectivity index (χ4v) is 35.2. The first kappa shape index (κ1) is 77.7. The Morgan fingerprint density at radius 2 is 1.18 bits per heavy atom. The van der Waals surface area contributed by atoms with Crippen LogP contribution in [0.5, 0.6) is 5.75 Å². The summed E-state index contributed by atoms with van der Waals surface area (Å²) in [6.07, 6.45) is 11.9. The number of hydrogen-bond acceptors (Lipinski definition) is 13. The van der Waals surface area contributed by atoms with Gasteiger partial charge >= 0.3 is 291 Å². The number of benzene rings is 5. The summed E-state index contributed by atoms with van der Waals surface area (Å²) >= 11 is 3.76. The number of esters is 1. The molecular formula is C82H115ClO13SiSn. The van der Waals surface area contributed by atoms with Gasteiger partial charge in [-0.1, -0.05) is 154 Å². The molecule has 16 heteroatoms. The molecule has 0 radical (unpaired) electrons. The molecule has 1 unspecified atom stereocenters. The van der Waals surface area contributed by atoms with Crippen LogP contribution in [0.2, 0.25) is 22.8 Å². The van der Waals surface area contributed by atoms with E-state index in [0.29, 0.717) is 65.0 Å². The second-order valence-electron chi connectivity index (χ2n) is 29.6. The van der Waals surface area contributed by atoms with Crippen LogP contribution in [0.4, 0.5) is 0 Å². The van der Waals surface area contributed by atoms with Crippen LogP contribution in [0.25, 0.3) is 0 Å². The maximum absolute atomic E-state index is 13.8. The van der Waals surface area contributed by atoms with Crippen LogP contribution >= 0.6 is 11.6 Å². The van der Waals surface area contributed by atoms with Gasteiger partial charge in [0.15, 0.2) is 0 Å². The average molecular weight is 1490 g/mol. The van der Waals surface area contributed by atoms with Crippen LogP contribution < -0.4 is 15.1 Å². The third-order valence-corrected chi connectivity index (χ3v) is 41.8. The summed E-state index contributed by atoms with van der Waals surface area (Å²) in [5.74, 6) is -0.244. The van der Waals surface area contributed by atoms with Crippen molar-refractivity contribution in [2.24, 2.45) is 0 Å². The molecule has 4 saturated heterocycles. The Labute approximate surface area is 597 Å². The standard InChI is InChI=1S/C70H88ClO13Si.3C4H9.Sn/c1-10-38-75-56-41-57-58(42-61-59(79-57)43-62(76-48-51-26-18-13-19-27-51)69(7,83-61)36-39-74-47-50-24-16-12-17-25-50)80-60(56)44-66(82-65(72)46-71)81-64-45-63(77-49-52-32-34-53(73-9)35-33-52)70(8,84-68(64,6)11-2)37-40-78-85(67(3,4)5,54-28-20-14-21-29-54)55-30-22-15-23-31-55;3*1-3-4-2;/h10-35,38,56-64,66H,1-2,36-37,39-49H2,3-9H3;3*1,3-4H2,2H3;/b38-10-;;;;/t56-,57+,58-,59-,60+,61+,62+,63-,64+,66?,68-,69-,70+;;;;/m1..../s1. The quantitative estimate of drug-likeness (QED) is 0.00708. The van der Waals surface area contributed by atoms with Gasteiger partial charge in [0.05, 0.1) is 32.5 Å². The number of halogens is 1. The van der Waals surface area contributed by atoms with Gasteiger partial charge in [0, 0.05) is 26.1 Å². The molecule has 536 valence electrons. The second-order valence-corrected chi connectivity index (χ2v) is 48.2. The molecule has 0 bridgehead atoms. The van der Waals surface area contributed by atoms with Gasteiger partial charge in [-0.2, -0.15) is 0 Å².